The molecule has 0 saturated carbocycles. The van der Waals surface area contributed by atoms with Gasteiger partial charge in [-0.1, -0.05) is 6.07 Å². The lowest BCUT2D eigenvalue weighted by atomic mass is 10.1. The minimum Gasteiger partial charge on any atom is -0.478 e. The van der Waals surface area contributed by atoms with Gasteiger partial charge in [0.2, 0.25) is 10.0 Å². The Hall–Kier alpha value is -2.82. The monoisotopic (exact) mass is 408 g/mol. The SMILES string of the molecule is O=C(Nc1ccc(F)cc1C(=O)O)c1cccc(S(=O)(=O)N2CCOCC2)c1. The van der Waals surface area contributed by atoms with E-state index in [1.54, 1.807) is 0 Å². The summed E-state index contributed by atoms with van der Waals surface area (Å²) < 4.78 is 45.1. The van der Waals surface area contributed by atoms with E-state index >= 15 is 0 Å². The molecule has 3 rings (SSSR count). The Morgan fingerprint density at radius 2 is 1.82 bits per heavy atom. The number of hydrogen-bond acceptors (Lipinski definition) is 5. The van der Waals surface area contributed by atoms with Gasteiger partial charge in [-0.25, -0.2) is 17.6 Å². The number of anilines is 1. The molecule has 1 heterocycles. The van der Waals surface area contributed by atoms with E-state index in [-0.39, 0.29) is 29.2 Å². The molecule has 0 atom stereocenters. The molecule has 1 aliphatic rings. The molecule has 2 aromatic rings. The quantitative estimate of drug-likeness (QED) is 0.780. The van der Waals surface area contributed by atoms with Gasteiger partial charge in [0.25, 0.3) is 5.91 Å². The lowest BCUT2D eigenvalue weighted by Crippen LogP contribution is -2.40. The average Bonchev–Trinajstić information content (AvgIpc) is 2.70. The summed E-state index contributed by atoms with van der Waals surface area (Å²) in [5, 5.41) is 11.5. The normalized spacial score (nSPS) is 15.2. The summed E-state index contributed by atoms with van der Waals surface area (Å²) >= 11 is 0. The van der Waals surface area contributed by atoms with Gasteiger partial charge >= 0.3 is 5.97 Å². The van der Waals surface area contributed by atoms with Crippen molar-refractivity contribution in [2.45, 2.75) is 4.90 Å². The molecule has 1 aliphatic heterocycles. The van der Waals surface area contributed by atoms with Gasteiger partial charge in [0.1, 0.15) is 5.82 Å². The number of halogens is 1. The molecule has 0 spiro atoms. The molecule has 2 aromatic carbocycles. The van der Waals surface area contributed by atoms with Crippen LogP contribution in [0, 0.1) is 5.82 Å². The van der Waals surface area contributed by atoms with Crippen LogP contribution in [0.25, 0.3) is 0 Å². The first-order valence-corrected chi connectivity index (χ1v) is 9.75. The number of carboxylic acid groups (broad SMARTS) is 1. The minimum absolute atomic E-state index is 0.0231. The Balaban J connectivity index is 1.86. The zero-order chi connectivity index (χ0) is 20.3. The summed E-state index contributed by atoms with van der Waals surface area (Å²) in [5.41, 5.74) is -0.485. The number of carbonyl (C=O) groups is 2. The number of amides is 1. The maximum atomic E-state index is 13.3. The molecular weight excluding hydrogens is 391 g/mol. The number of benzene rings is 2. The number of morpholine rings is 1. The van der Waals surface area contributed by atoms with E-state index in [1.807, 2.05) is 0 Å². The predicted octanol–water partition coefficient (Wildman–Crippen LogP) is 1.80. The van der Waals surface area contributed by atoms with Crippen molar-refractivity contribution in [2.24, 2.45) is 0 Å². The number of hydrogen-bond donors (Lipinski definition) is 2. The highest BCUT2D eigenvalue weighted by atomic mass is 32.2. The molecule has 0 bridgehead atoms. The summed E-state index contributed by atoms with van der Waals surface area (Å²) in [7, 11) is -3.79. The molecule has 1 saturated heterocycles. The van der Waals surface area contributed by atoms with Crippen LogP contribution in [0.5, 0.6) is 0 Å². The summed E-state index contributed by atoms with van der Waals surface area (Å²) in [6.45, 7) is 1.02. The fraction of sp³-hybridized carbons (Fsp3) is 0.222. The van der Waals surface area contributed by atoms with E-state index in [9.17, 15) is 22.4 Å². The zero-order valence-electron chi connectivity index (χ0n) is 14.6. The molecule has 8 nitrogen and oxygen atoms in total. The van der Waals surface area contributed by atoms with Gasteiger partial charge in [0.15, 0.2) is 0 Å². The highest BCUT2D eigenvalue weighted by molar-refractivity contribution is 7.89. The van der Waals surface area contributed by atoms with E-state index < -0.39 is 33.3 Å². The number of carbonyl (C=O) groups excluding carboxylic acids is 1. The van der Waals surface area contributed by atoms with Crippen LogP contribution in [-0.4, -0.2) is 56.0 Å². The van der Waals surface area contributed by atoms with E-state index in [0.29, 0.717) is 13.2 Å². The second-order valence-corrected chi connectivity index (χ2v) is 7.93. The largest absolute Gasteiger partial charge is 0.478 e. The third-order valence-corrected chi connectivity index (χ3v) is 6.06. The van der Waals surface area contributed by atoms with Gasteiger partial charge < -0.3 is 15.2 Å². The molecule has 28 heavy (non-hydrogen) atoms. The van der Waals surface area contributed by atoms with E-state index in [4.69, 9.17) is 9.84 Å². The van der Waals surface area contributed by atoms with Crippen molar-refractivity contribution < 1.29 is 32.2 Å². The Labute approximate surface area is 160 Å². The van der Waals surface area contributed by atoms with Gasteiger partial charge in [0, 0.05) is 18.7 Å². The Kier molecular flexibility index (Phi) is 5.73. The first-order valence-electron chi connectivity index (χ1n) is 8.31. The van der Waals surface area contributed by atoms with Crippen LogP contribution in [0.1, 0.15) is 20.7 Å². The van der Waals surface area contributed by atoms with Crippen molar-refractivity contribution in [1.29, 1.82) is 0 Å². The van der Waals surface area contributed by atoms with Crippen LogP contribution in [0.4, 0.5) is 10.1 Å². The summed E-state index contributed by atoms with van der Waals surface area (Å²) in [6.07, 6.45) is 0. The van der Waals surface area contributed by atoms with E-state index in [2.05, 4.69) is 5.32 Å². The Morgan fingerprint density at radius 3 is 2.50 bits per heavy atom. The van der Waals surface area contributed by atoms with Crippen molar-refractivity contribution in [3.8, 4) is 0 Å². The first-order chi connectivity index (χ1) is 13.3. The molecule has 0 radical (unpaired) electrons. The topological polar surface area (TPSA) is 113 Å². The van der Waals surface area contributed by atoms with Crippen LogP contribution >= 0.6 is 0 Å². The fourth-order valence-corrected chi connectivity index (χ4v) is 4.19. The van der Waals surface area contributed by atoms with Crippen LogP contribution in [0.2, 0.25) is 0 Å². The first kappa shape index (κ1) is 19.9. The summed E-state index contributed by atoms with van der Waals surface area (Å²) in [6, 6.07) is 8.35. The molecule has 0 unspecified atom stereocenters. The third-order valence-electron chi connectivity index (χ3n) is 4.16. The molecule has 1 amide bonds. The second kappa shape index (κ2) is 8.05. The third kappa shape index (κ3) is 4.19. The second-order valence-electron chi connectivity index (χ2n) is 5.99. The highest BCUT2D eigenvalue weighted by Gasteiger charge is 2.27. The number of rotatable bonds is 5. The van der Waals surface area contributed by atoms with Gasteiger partial charge in [-0.2, -0.15) is 4.31 Å². The minimum atomic E-state index is -3.79. The summed E-state index contributed by atoms with van der Waals surface area (Å²) in [5.74, 6) is -2.87. The van der Waals surface area contributed by atoms with Crippen LogP contribution in [-0.2, 0) is 14.8 Å². The van der Waals surface area contributed by atoms with Gasteiger partial charge in [-0.15, -0.1) is 0 Å². The van der Waals surface area contributed by atoms with Crippen molar-refractivity contribution in [1.82, 2.24) is 4.31 Å². The lowest BCUT2D eigenvalue weighted by Gasteiger charge is -2.26. The molecule has 0 aliphatic carbocycles. The lowest BCUT2D eigenvalue weighted by molar-refractivity contribution is 0.0697. The van der Waals surface area contributed by atoms with Crippen molar-refractivity contribution in [2.75, 3.05) is 31.6 Å². The molecule has 10 heteroatoms. The summed E-state index contributed by atoms with van der Waals surface area (Å²) in [4.78, 5) is 23.7. The Bertz CT molecular complexity index is 1020. The van der Waals surface area contributed by atoms with Gasteiger partial charge in [0.05, 0.1) is 29.4 Å². The fourth-order valence-electron chi connectivity index (χ4n) is 2.73. The van der Waals surface area contributed by atoms with E-state index in [0.717, 1.165) is 18.2 Å². The molecule has 2 N–H and O–H groups in total. The number of carboxylic acids is 1. The predicted molar refractivity (Wildman–Crippen MR) is 97.3 cm³/mol. The number of nitrogens with zero attached hydrogens (tertiary/aromatic N) is 1. The van der Waals surface area contributed by atoms with Gasteiger partial charge in [-0.05, 0) is 36.4 Å². The van der Waals surface area contributed by atoms with Crippen molar-refractivity contribution in [3.05, 3.63) is 59.4 Å². The number of ether oxygens (including phenoxy) is 1. The standard InChI is InChI=1S/C18H17FN2O6S/c19-13-4-5-16(15(11-13)18(23)24)20-17(22)12-2-1-3-14(10-12)28(25,26)21-6-8-27-9-7-21/h1-5,10-11H,6-9H2,(H,20,22)(H,23,24). The molecule has 148 valence electrons. The zero-order valence-corrected chi connectivity index (χ0v) is 15.4. The maximum Gasteiger partial charge on any atom is 0.337 e. The number of sulfonamides is 1. The van der Waals surface area contributed by atoms with E-state index in [1.165, 1.54) is 28.6 Å². The van der Waals surface area contributed by atoms with Crippen molar-refractivity contribution >= 4 is 27.6 Å². The van der Waals surface area contributed by atoms with Gasteiger partial charge in [-0.3, -0.25) is 4.79 Å². The molecular formula is C18H17FN2O6S. The van der Waals surface area contributed by atoms with Crippen LogP contribution in [0.3, 0.4) is 0 Å². The molecule has 1 fully saturated rings. The maximum absolute atomic E-state index is 13.3. The van der Waals surface area contributed by atoms with Crippen molar-refractivity contribution in [3.63, 3.8) is 0 Å². The van der Waals surface area contributed by atoms with Crippen LogP contribution < -0.4 is 5.32 Å². The number of nitrogens with one attached hydrogen (secondary N) is 1. The Morgan fingerprint density at radius 1 is 1.11 bits per heavy atom. The highest BCUT2D eigenvalue weighted by Crippen LogP contribution is 2.21. The average molecular weight is 408 g/mol. The molecule has 0 aromatic heterocycles. The smallest absolute Gasteiger partial charge is 0.337 e. The number of aromatic carboxylic acids is 1. The van der Waals surface area contributed by atoms with Crippen LogP contribution in [0.15, 0.2) is 47.4 Å².